The number of benzene rings is 4. The molecule has 0 amide bonds. The van der Waals surface area contributed by atoms with E-state index in [-0.39, 0.29) is 5.41 Å². The summed E-state index contributed by atoms with van der Waals surface area (Å²) in [5.74, 6) is 0. The second-order valence-electron chi connectivity index (χ2n) is 7.22. The van der Waals surface area contributed by atoms with Gasteiger partial charge in [0.1, 0.15) is 0 Å². The van der Waals surface area contributed by atoms with Crippen molar-refractivity contribution in [3.63, 3.8) is 0 Å². The molecule has 0 saturated heterocycles. The van der Waals surface area contributed by atoms with Gasteiger partial charge in [-0.2, -0.15) is 0 Å². The minimum Gasteiger partial charge on any atom is -0.0622 e. The van der Waals surface area contributed by atoms with Crippen LogP contribution in [0.4, 0.5) is 0 Å². The lowest BCUT2D eigenvalue weighted by molar-refractivity contribution is 0.725. The zero-order chi connectivity index (χ0) is 19.2. The molecule has 4 rings (SSSR count). The Kier molecular flexibility index (Phi) is 5.21. The Balaban J connectivity index is 1.97. The van der Waals surface area contributed by atoms with Gasteiger partial charge in [0, 0.05) is 5.41 Å². The molecule has 0 heteroatoms. The van der Waals surface area contributed by atoms with Crippen LogP contribution in [-0.2, 0) is 5.41 Å². The molecule has 0 aliphatic heterocycles. The van der Waals surface area contributed by atoms with Crippen molar-refractivity contribution >= 4 is 5.57 Å². The maximum Gasteiger partial charge on any atom is 0.0362 e. The normalized spacial score (nSPS) is 11.0. The highest BCUT2D eigenvalue weighted by atomic mass is 14.3. The van der Waals surface area contributed by atoms with E-state index in [0.717, 1.165) is 0 Å². The van der Waals surface area contributed by atoms with Gasteiger partial charge in [-0.05, 0) is 34.8 Å². The van der Waals surface area contributed by atoms with E-state index in [2.05, 4.69) is 134 Å². The van der Waals surface area contributed by atoms with Crippen LogP contribution in [0.3, 0.4) is 0 Å². The van der Waals surface area contributed by atoms with E-state index in [1.165, 1.54) is 27.8 Å². The molecule has 0 spiro atoms. The molecule has 0 atom stereocenters. The van der Waals surface area contributed by atoms with Gasteiger partial charge in [-0.1, -0.05) is 127 Å². The van der Waals surface area contributed by atoms with Crippen molar-refractivity contribution in [3.05, 3.63) is 150 Å². The Morgan fingerprint density at radius 1 is 0.500 bits per heavy atom. The van der Waals surface area contributed by atoms with Crippen molar-refractivity contribution < 1.29 is 0 Å². The van der Waals surface area contributed by atoms with E-state index in [9.17, 15) is 0 Å². The molecule has 0 saturated carbocycles. The molecule has 0 radical (unpaired) electrons. The maximum absolute atomic E-state index is 2.42. The zero-order valence-corrected chi connectivity index (χ0v) is 16.1. The predicted molar refractivity (Wildman–Crippen MR) is 119 cm³/mol. The van der Waals surface area contributed by atoms with Gasteiger partial charge in [0.2, 0.25) is 0 Å². The average Bonchev–Trinajstić information content (AvgIpc) is 2.80. The Hall–Kier alpha value is -3.38. The monoisotopic (exact) mass is 360 g/mol. The van der Waals surface area contributed by atoms with Crippen molar-refractivity contribution in [1.29, 1.82) is 0 Å². The fourth-order valence-corrected chi connectivity index (χ4v) is 3.76. The van der Waals surface area contributed by atoms with Gasteiger partial charge < -0.3 is 0 Å². The molecule has 0 bridgehead atoms. The Morgan fingerprint density at radius 2 is 0.821 bits per heavy atom. The first kappa shape index (κ1) is 18.0. The first-order valence-corrected chi connectivity index (χ1v) is 9.72. The largest absolute Gasteiger partial charge is 0.0622 e. The van der Waals surface area contributed by atoms with Gasteiger partial charge in [0.25, 0.3) is 0 Å². The van der Waals surface area contributed by atoms with Crippen LogP contribution in [0.15, 0.2) is 127 Å². The van der Waals surface area contributed by atoms with Crippen molar-refractivity contribution in [2.75, 3.05) is 0 Å². The first-order valence-electron chi connectivity index (χ1n) is 9.72. The molecular weight excluding hydrogens is 336 g/mol. The summed E-state index contributed by atoms with van der Waals surface area (Å²) < 4.78 is 0. The first-order chi connectivity index (χ1) is 13.8. The summed E-state index contributed by atoms with van der Waals surface area (Å²) in [4.78, 5) is 0. The van der Waals surface area contributed by atoms with Crippen LogP contribution in [0.2, 0.25) is 0 Å². The van der Waals surface area contributed by atoms with Crippen LogP contribution in [0.5, 0.6) is 0 Å². The lowest BCUT2D eigenvalue weighted by Crippen LogP contribution is -2.21. The van der Waals surface area contributed by atoms with Gasteiger partial charge >= 0.3 is 0 Å². The molecule has 0 heterocycles. The maximum atomic E-state index is 2.42. The Labute approximate surface area is 167 Å². The number of allylic oxidation sites excluding steroid dienone is 1. The van der Waals surface area contributed by atoms with E-state index >= 15 is 0 Å². The highest BCUT2D eigenvalue weighted by molar-refractivity contribution is 5.81. The second-order valence-corrected chi connectivity index (χ2v) is 7.22. The van der Waals surface area contributed by atoms with Gasteiger partial charge in [-0.3, -0.25) is 0 Å². The summed E-state index contributed by atoms with van der Waals surface area (Å²) in [5, 5.41) is 0. The third kappa shape index (κ3) is 3.68. The topological polar surface area (TPSA) is 0 Å². The zero-order valence-electron chi connectivity index (χ0n) is 16.1. The summed E-state index contributed by atoms with van der Waals surface area (Å²) in [6.45, 7) is 2.31. The standard InChI is InChI=1S/C28H24/c1-28(25-18-10-4-11-19-25,26-20-12-5-13-21-26)22-27(23-14-6-2-7-15-23)24-16-8-3-9-17-24/h2-22H,1H3. The smallest absolute Gasteiger partial charge is 0.0362 e. The minimum absolute atomic E-state index is 0.246. The molecule has 0 nitrogen and oxygen atoms in total. The van der Waals surface area contributed by atoms with E-state index < -0.39 is 0 Å². The molecule has 0 aromatic heterocycles. The van der Waals surface area contributed by atoms with Crippen molar-refractivity contribution in [3.8, 4) is 0 Å². The number of hydrogen-bond donors (Lipinski definition) is 0. The van der Waals surface area contributed by atoms with Crippen LogP contribution in [0, 0.1) is 0 Å². The third-order valence-corrected chi connectivity index (χ3v) is 5.35. The van der Waals surface area contributed by atoms with Gasteiger partial charge in [-0.25, -0.2) is 0 Å². The fourth-order valence-electron chi connectivity index (χ4n) is 3.76. The molecule has 0 aliphatic rings. The van der Waals surface area contributed by atoms with Crippen LogP contribution < -0.4 is 0 Å². The predicted octanol–water partition coefficient (Wildman–Crippen LogP) is 7.12. The van der Waals surface area contributed by atoms with Gasteiger partial charge in [0.15, 0.2) is 0 Å². The van der Waals surface area contributed by atoms with Crippen LogP contribution in [0.1, 0.15) is 29.2 Å². The highest BCUT2D eigenvalue weighted by Crippen LogP contribution is 2.37. The van der Waals surface area contributed by atoms with Gasteiger partial charge in [-0.15, -0.1) is 0 Å². The fraction of sp³-hybridized carbons (Fsp3) is 0.0714. The number of rotatable bonds is 5. The summed E-state index contributed by atoms with van der Waals surface area (Å²) in [5.41, 5.74) is 6.02. The molecule has 0 aliphatic carbocycles. The Morgan fingerprint density at radius 3 is 1.18 bits per heavy atom. The summed E-state index contributed by atoms with van der Waals surface area (Å²) >= 11 is 0. The summed E-state index contributed by atoms with van der Waals surface area (Å²) in [6.07, 6.45) is 2.42. The third-order valence-electron chi connectivity index (χ3n) is 5.35. The van der Waals surface area contributed by atoms with E-state index in [1.807, 2.05) is 0 Å². The summed E-state index contributed by atoms with van der Waals surface area (Å²) in [7, 11) is 0. The van der Waals surface area contributed by atoms with Crippen LogP contribution in [0.25, 0.3) is 5.57 Å². The molecule has 0 N–H and O–H groups in total. The van der Waals surface area contributed by atoms with Crippen molar-refractivity contribution in [1.82, 2.24) is 0 Å². The average molecular weight is 361 g/mol. The molecule has 28 heavy (non-hydrogen) atoms. The second kappa shape index (κ2) is 8.10. The van der Waals surface area contributed by atoms with Crippen molar-refractivity contribution in [2.24, 2.45) is 0 Å². The lowest BCUT2D eigenvalue weighted by atomic mass is 9.74. The molecule has 4 aromatic rings. The minimum atomic E-state index is -0.246. The quantitative estimate of drug-likeness (QED) is 0.355. The highest BCUT2D eigenvalue weighted by Gasteiger charge is 2.27. The molecule has 0 fully saturated rings. The molecular formula is C28H24. The van der Waals surface area contributed by atoms with E-state index in [1.54, 1.807) is 0 Å². The van der Waals surface area contributed by atoms with E-state index in [4.69, 9.17) is 0 Å². The van der Waals surface area contributed by atoms with Crippen LogP contribution >= 0.6 is 0 Å². The summed E-state index contributed by atoms with van der Waals surface area (Å²) in [6, 6.07) is 42.8. The molecule has 4 aromatic carbocycles. The van der Waals surface area contributed by atoms with Crippen LogP contribution in [-0.4, -0.2) is 0 Å². The van der Waals surface area contributed by atoms with Gasteiger partial charge in [0.05, 0.1) is 0 Å². The van der Waals surface area contributed by atoms with E-state index in [0.29, 0.717) is 0 Å². The Bertz CT molecular complexity index is 949. The van der Waals surface area contributed by atoms with Crippen molar-refractivity contribution in [2.45, 2.75) is 12.3 Å². The number of hydrogen-bond acceptors (Lipinski definition) is 0. The SMILES string of the molecule is CC(C=C(c1ccccc1)c1ccccc1)(c1ccccc1)c1ccccc1. The lowest BCUT2D eigenvalue weighted by Gasteiger charge is -2.29. The molecule has 136 valence electrons. The molecule has 0 unspecified atom stereocenters.